The second-order valence-corrected chi connectivity index (χ2v) is 2.16. The molecule has 0 heterocycles. The fraction of sp³-hybridized carbons (Fsp3) is 0.600. The molecule has 0 aromatic carbocycles. The normalized spacial score (nSPS) is 14.1. The number of aliphatic hydroxyl groups is 1. The van der Waals surface area contributed by atoms with E-state index in [0.29, 0.717) is 0 Å². The third-order valence-corrected chi connectivity index (χ3v) is 1.37. The zero-order valence-corrected chi connectivity index (χ0v) is 5.81. The summed E-state index contributed by atoms with van der Waals surface area (Å²) in [7, 11) is 0. The summed E-state index contributed by atoms with van der Waals surface area (Å²) >= 11 is 0. The van der Waals surface area contributed by atoms with Gasteiger partial charge in [0.15, 0.2) is 0 Å². The van der Waals surface area contributed by atoms with Crippen LogP contribution in [0.1, 0.15) is 6.92 Å². The van der Waals surface area contributed by atoms with Crippen molar-refractivity contribution in [1.29, 1.82) is 0 Å². The van der Waals surface area contributed by atoms with E-state index in [1.807, 2.05) is 0 Å². The number of carboxylic acid groups (broad SMARTS) is 2. The highest BCUT2D eigenvalue weighted by molar-refractivity contribution is 6.03. The summed E-state index contributed by atoms with van der Waals surface area (Å²) in [5, 5.41) is 25.3. The predicted octanol–water partition coefficient (Wildman–Crippen LogP) is -1.77. The van der Waals surface area contributed by atoms with E-state index < -0.39 is 23.6 Å². The maximum absolute atomic E-state index is 10.2. The van der Waals surface area contributed by atoms with Crippen LogP contribution in [0.25, 0.3) is 0 Å². The average Bonchev–Trinajstić information content (AvgIpc) is 1.84. The average molecular weight is 163 g/mol. The summed E-state index contributed by atoms with van der Waals surface area (Å²) in [6, 6.07) is 0. The Morgan fingerprint density at radius 2 is 1.64 bits per heavy atom. The van der Waals surface area contributed by atoms with Gasteiger partial charge in [-0.15, -0.1) is 0 Å². The fourth-order valence-corrected chi connectivity index (χ4v) is 0.449. The van der Waals surface area contributed by atoms with Crippen molar-refractivity contribution in [2.45, 2.75) is 18.6 Å². The van der Waals surface area contributed by atoms with Crippen molar-refractivity contribution in [3.05, 3.63) is 0 Å². The van der Waals surface area contributed by atoms with E-state index in [2.05, 4.69) is 0 Å². The monoisotopic (exact) mass is 163 g/mol. The van der Waals surface area contributed by atoms with Crippen molar-refractivity contribution >= 4 is 11.9 Å². The van der Waals surface area contributed by atoms with Crippen LogP contribution in [-0.4, -0.2) is 38.9 Å². The van der Waals surface area contributed by atoms with Gasteiger partial charge in [-0.2, -0.15) is 0 Å². The standard InChI is InChI=1S/C5H9NO5/c1-2(7)5(6,3(8)9)4(10)11/h2,7H,6H2,1H3,(H,8,9)(H,10,11). The molecule has 5 N–H and O–H groups in total. The van der Waals surface area contributed by atoms with Crippen molar-refractivity contribution in [3.63, 3.8) is 0 Å². The molecule has 0 saturated carbocycles. The molecular weight excluding hydrogens is 154 g/mol. The molecule has 0 fully saturated rings. The SMILES string of the molecule is CC(O)C(N)(C(=O)O)C(=O)O. The van der Waals surface area contributed by atoms with Crippen LogP contribution in [0.2, 0.25) is 0 Å². The Bertz CT molecular complexity index is 173. The van der Waals surface area contributed by atoms with E-state index >= 15 is 0 Å². The van der Waals surface area contributed by atoms with Gasteiger partial charge >= 0.3 is 11.9 Å². The summed E-state index contributed by atoms with van der Waals surface area (Å²) in [5.41, 5.74) is 2.27. The van der Waals surface area contributed by atoms with Crippen LogP contribution < -0.4 is 5.73 Å². The summed E-state index contributed by atoms with van der Waals surface area (Å²) in [5.74, 6) is -3.53. The summed E-state index contributed by atoms with van der Waals surface area (Å²) < 4.78 is 0. The van der Waals surface area contributed by atoms with Gasteiger partial charge < -0.3 is 21.1 Å². The van der Waals surface area contributed by atoms with Crippen LogP contribution in [0, 0.1) is 0 Å². The molecule has 1 atom stereocenters. The first-order valence-corrected chi connectivity index (χ1v) is 2.77. The first-order chi connectivity index (χ1) is 4.83. The number of aliphatic carboxylic acids is 2. The summed E-state index contributed by atoms with van der Waals surface area (Å²) in [6.07, 6.45) is -1.64. The number of rotatable bonds is 3. The molecule has 6 heteroatoms. The fourth-order valence-electron chi connectivity index (χ4n) is 0.449. The van der Waals surface area contributed by atoms with Crippen LogP contribution >= 0.6 is 0 Å². The van der Waals surface area contributed by atoms with Crippen LogP contribution in [0.5, 0.6) is 0 Å². The van der Waals surface area contributed by atoms with Crippen molar-refractivity contribution in [2.24, 2.45) is 5.73 Å². The van der Waals surface area contributed by atoms with Gasteiger partial charge in [0.25, 0.3) is 0 Å². The first kappa shape index (κ1) is 9.86. The molecule has 0 radical (unpaired) electrons. The minimum atomic E-state index is -2.61. The first-order valence-electron chi connectivity index (χ1n) is 2.77. The Labute approximate surface area is 62.2 Å². The van der Waals surface area contributed by atoms with Crippen molar-refractivity contribution in [2.75, 3.05) is 0 Å². The Hall–Kier alpha value is -1.14. The minimum Gasteiger partial charge on any atom is -0.479 e. The molecule has 11 heavy (non-hydrogen) atoms. The Balaban J connectivity index is 4.82. The molecule has 0 spiro atoms. The second kappa shape index (κ2) is 2.85. The second-order valence-electron chi connectivity index (χ2n) is 2.16. The third-order valence-electron chi connectivity index (χ3n) is 1.37. The number of carboxylic acids is 2. The van der Waals surface area contributed by atoms with Gasteiger partial charge in [-0.1, -0.05) is 0 Å². The molecule has 1 unspecified atom stereocenters. The van der Waals surface area contributed by atoms with E-state index in [1.54, 1.807) is 0 Å². The molecule has 0 aromatic rings. The highest BCUT2D eigenvalue weighted by Crippen LogP contribution is 2.07. The maximum atomic E-state index is 10.2. The van der Waals surface area contributed by atoms with Crippen LogP contribution in [0.3, 0.4) is 0 Å². The highest BCUT2D eigenvalue weighted by atomic mass is 16.4. The van der Waals surface area contributed by atoms with Gasteiger partial charge in [-0.05, 0) is 6.92 Å². The summed E-state index contributed by atoms with van der Waals surface area (Å²) in [6.45, 7) is 1.00. The number of aliphatic hydroxyl groups excluding tert-OH is 1. The molecule has 0 aliphatic carbocycles. The lowest BCUT2D eigenvalue weighted by atomic mass is 9.95. The Morgan fingerprint density at radius 3 is 1.64 bits per heavy atom. The van der Waals surface area contributed by atoms with E-state index in [4.69, 9.17) is 21.1 Å². The largest absolute Gasteiger partial charge is 0.479 e. The zero-order valence-electron chi connectivity index (χ0n) is 5.81. The molecule has 0 aromatic heterocycles. The lowest BCUT2D eigenvalue weighted by molar-refractivity contribution is -0.162. The van der Waals surface area contributed by atoms with Crippen molar-refractivity contribution in [3.8, 4) is 0 Å². The lowest BCUT2D eigenvalue weighted by Crippen LogP contribution is -2.62. The quantitative estimate of drug-likeness (QED) is 0.365. The smallest absolute Gasteiger partial charge is 0.338 e. The molecular formula is C5H9NO5. The van der Waals surface area contributed by atoms with Crippen molar-refractivity contribution in [1.82, 2.24) is 0 Å². The van der Waals surface area contributed by atoms with Gasteiger partial charge in [-0.3, -0.25) is 0 Å². The predicted molar refractivity (Wildman–Crippen MR) is 33.9 cm³/mol. The van der Waals surface area contributed by atoms with E-state index in [9.17, 15) is 9.59 Å². The number of hydrogen-bond donors (Lipinski definition) is 4. The van der Waals surface area contributed by atoms with Gasteiger partial charge in [-0.25, -0.2) is 9.59 Å². The molecule has 0 amide bonds. The highest BCUT2D eigenvalue weighted by Gasteiger charge is 2.47. The van der Waals surface area contributed by atoms with Gasteiger partial charge in [0, 0.05) is 0 Å². The molecule has 0 rings (SSSR count). The number of hydrogen-bond acceptors (Lipinski definition) is 4. The van der Waals surface area contributed by atoms with Crippen LogP contribution in [-0.2, 0) is 9.59 Å². The van der Waals surface area contributed by atoms with Crippen LogP contribution in [0.4, 0.5) is 0 Å². The van der Waals surface area contributed by atoms with E-state index in [-0.39, 0.29) is 0 Å². The number of carbonyl (C=O) groups is 2. The molecule has 64 valence electrons. The zero-order chi connectivity index (χ0) is 9.23. The topological polar surface area (TPSA) is 121 Å². The third kappa shape index (κ3) is 1.47. The molecule has 0 aliphatic rings. The molecule has 0 saturated heterocycles. The van der Waals surface area contributed by atoms with E-state index in [1.165, 1.54) is 0 Å². The van der Waals surface area contributed by atoms with Gasteiger partial charge in [0.2, 0.25) is 5.54 Å². The van der Waals surface area contributed by atoms with Crippen molar-refractivity contribution < 1.29 is 24.9 Å². The van der Waals surface area contributed by atoms with Gasteiger partial charge in [0.05, 0.1) is 6.10 Å². The van der Waals surface area contributed by atoms with Gasteiger partial charge in [0.1, 0.15) is 0 Å². The Morgan fingerprint density at radius 1 is 1.36 bits per heavy atom. The van der Waals surface area contributed by atoms with E-state index in [0.717, 1.165) is 6.92 Å². The van der Waals surface area contributed by atoms with Crippen LogP contribution in [0.15, 0.2) is 0 Å². The Kier molecular flexibility index (Phi) is 2.55. The minimum absolute atomic E-state index is 1.00. The number of nitrogens with two attached hydrogens (primary N) is 1. The molecule has 0 aliphatic heterocycles. The lowest BCUT2D eigenvalue weighted by Gasteiger charge is -2.21. The molecule has 6 nitrogen and oxygen atoms in total. The molecule has 0 bridgehead atoms. The summed E-state index contributed by atoms with van der Waals surface area (Å²) in [4.78, 5) is 20.5. The maximum Gasteiger partial charge on any atom is 0.338 e.